The molecular weight excluding hydrogens is 339 g/mol. The quantitative estimate of drug-likeness (QED) is 0.781. The minimum Gasteiger partial charge on any atom is -0.419 e. The Kier molecular flexibility index (Phi) is 4.55. The number of hydrogen-bond donors (Lipinski definition) is 1. The molecule has 0 spiro atoms. The molecule has 3 rings (SSSR count). The van der Waals surface area contributed by atoms with Crippen LogP contribution in [0.15, 0.2) is 47.1 Å². The maximum absolute atomic E-state index is 12.1. The number of aromatic nitrogens is 3. The summed E-state index contributed by atoms with van der Waals surface area (Å²) in [5.41, 5.74) is 1.08. The third-order valence-electron chi connectivity index (χ3n) is 2.97. The topological polar surface area (TPSA) is 80.9 Å². The number of halogens is 2. The number of pyridine rings is 1. The summed E-state index contributed by atoms with van der Waals surface area (Å²) in [6.07, 6.45) is 3.26. The van der Waals surface area contributed by atoms with Crippen LogP contribution in [0.2, 0.25) is 10.0 Å². The molecule has 0 atom stereocenters. The molecule has 0 aliphatic rings. The van der Waals surface area contributed by atoms with E-state index in [9.17, 15) is 4.79 Å². The molecular formula is C15H10Cl2N4O2. The highest BCUT2D eigenvalue weighted by Gasteiger charge is 2.13. The summed E-state index contributed by atoms with van der Waals surface area (Å²) in [5.74, 6) is 0.298. The summed E-state index contributed by atoms with van der Waals surface area (Å²) in [7, 11) is 0. The number of benzene rings is 1. The Morgan fingerprint density at radius 1 is 1.13 bits per heavy atom. The van der Waals surface area contributed by atoms with Crippen molar-refractivity contribution in [3.63, 3.8) is 0 Å². The summed E-state index contributed by atoms with van der Waals surface area (Å²) < 4.78 is 5.49. The molecule has 0 radical (unpaired) electrons. The van der Waals surface area contributed by atoms with E-state index in [-0.39, 0.29) is 23.4 Å². The van der Waals surface area contributed by atoms with E-state index in [0.29, 0.717) is 16.5 Å². The van der Waals surface area contributed by atoms with Gasteiger partial charge in [0.2, 0.25) is 11.8 Å². The average Bonchev–Trinajstić information content (AvgIpc) is 3.02. The maximum Gasteiger partial charge on any atom is 0.253 e. The fourth-order valence-corrected chi connectivity index (χ4v) is 2.36. The Balaban J connectivity index is 1.67. The predicted octanol–water partition coefficient (Wildman–Crippen LogP) is 3.37. The molecule has 1 amide bonds. The molecule has 0 fully saturated rings. The number of nitrogens with zero attached hydrogens (tertiary/aromatic N) is 3. The summed E-state index contributed by atoms with van der Waals surface area (Å²) >= 11 is 11.8. The van der Waals surface area contributed by atoms with Crippen LogP contribution in [0.3, 0.4) is 0 Å². The zero-order valence-corrected chi connectivity index (χ0v) is 13.2. The molecule has 0 aliphatic carbocycles. The van der Waals surface area contributed by atoms with E-state index >= 15 is 0 Å². The van der Waals surface area contributed by atoms with Gasteiger partial charge in [-0.2, -0.15) is 0 Å². The van der Waals surface area contributed by atoms with Crippen LogP contribution in [0.1, 0.15) is 16.2 Å². The molecule has 0 aliphatic heterocycles. The van der Waals surface area contributed by atoms with Crippen molar-refractivity contribution < 1.29 is 9.21 Å². The van der Waals surface area contributed by atoms with Gasteiger partial charge in [0.1, 0.15) is 0 Å². The summed E-state index contributed by atoms with van der Waals surface area (Å²) in [4.78, 5) is 16.0. The lowest BCUT2D eigenvalue weighted by molar-refractivity contribution is 0.0947. The first-order valence-electron chi connectivity index (χ1n) is 6.59. The summed E-state index contributed by atoms with van der Waals surface area (Å²) in [5, 5.41) is 11.2. The molecule has 0 bridgehead atoms. The Labute approximate surface area is 141 Å². The number of hydrogen-bond acceptors (Lipinski definition) is 5. The van der Waals surface area contributed by atoms with Gasteiger partial charge in [0.15, 0.2) is 0 Å². The van der Waals surface area contributed by atoms with Crippen molar-refractivity contribution in [3.8, 4) is 11.5 Å². The third kappa shape index (κ3) is 3.67. The highest BCUT2D eigenvalue weighted by Crippen LogP contribution is 2.21. The smallest absolute Gasteiger partial charge is 0.253 e. The van der Waals surface area contributed by atoms with E-state index in [2.05, 4.69) is 20.5 Å². The second-order valence-electron chi connectivity index (χ2n) is 4.54. The number of carbonyl (C=O) groups excluding carboxylic acids is 1. The van der Waals surface area contributed by atoms with E-state index < -0.39 is 0 Å². The van der Waals surface area contributed by atoms with Gasteiger partial charge < -0.3 is 9.73 Å². The van der Waals surface area contributed by atoms with Gasteiger partial charge in [0, 0.05) is 23.0 Å². The number of carbonyl (C=O) groups is 1. The first-order valence-corrected chi connectivity index (χ1v) is 7.35. The fourth-order valence-electron chi connectivity index (χ4n) is 1.86. The van der Waals surface area contributed by atoms with Crippen molar-refractivity contribution in [2.45, 2.75) is 6.54 Å². The molecule has 3 aromatic rings. The van der Waals surface area contributed by atoms with Crippen LogP contribution in [0, 0.1) is 0 Å². The fraction of sp³-hybridized carbons (Fsp3) is 0.0667. The Hall–Kier alpha value is -2.44. The van der Waals surface area contributed by atoms with Crippen LogP contribution in [0.25, 0.3) is 11.5 Å². The SMILES string of the molecule is O=C(NCc1nnc(-c2ccncc2)o1)c1ccc(Cl)cc1Cl. The number of rotatable bonds is 4. The second kappa shape index (κ2) is 6.76. The lowest BCUT2D eigenvalue weighted by atomic mass is 10.2. The lowest BCUT2D eigenvalue weighted by Crippen LogP contribution is -2.23. The summed E-state index contributed by atoms with van der Waals surface area (Å²) in [6, 6.07) is 8.16. The third-order valence-corrected chi connectivity index (χ3v) is 3.52. The summed E-state index contributed by atoms with van der Waals surface area (Å²) in [6.45, 7) is 0.0931. The van der Waals surface area contributed by atoms with Gasteiger partial charge in [0.05, 0.1) is 17.1 Å². The van der Waals surface area contributed by atoms with Gasteiger partial charge in [-0.25, -0.2) is 0 Å². The first kappa shape index (κ1) is 15.5. The van der Waals surface area contributed by atoms with Gasteiger partial charge in [0.25, 0.3) is 5.91 Å². The maximum atomic E-state index is 12.1. The Bertz CT molecular complexity index is 837. The number of nitrogens with one attached hydrogen (secondary N) is 1. The molecule has 1 N–H and O–H groups in total. The van der Waals surface area contributed by atoms with Crippen LogP contribution >= 0.6 is 23.2 Å². The van der Waals surface area contributed by atoms with Crippen LogP contribution in [-0.2, 0) is 6.54 Å². The molecule has 23 heavy (non-hydrogen) atoms. The van der Waals surface area contributed by atoms with Crippen molar-refractivity contribution in [1.82, 2.24) is 20.5 Å². The van der Waals surface area contributed by atoms with Gasteiger partial charge >= 0.3 is 0 Å². The van der Waals surface area contributed by atoms with Crippen LogP contribution in [-0.4, -0.2) is 21.1 Å². The highest BCUT2D eigenvalue weighted by molar-refractivity contribution is 6.36. The molecule has 1 aromatic carbocycles. The predicted molar refractivity (Wildman–Crippen MR) is 85.2 cm³/mol. The molecule has 0 saturated heterocycles. The van der Waals surface area contributed by atoms with Crippen molar-refractivity contribution in [3.05, 3.63) is 64.2 Å². The van der Waals surface area contributed by atoms with Gasteiger partial charge in [-0.3, -0.25) is 9.78 Å². The van der Waals surface area contributed by atoms with Crippen molar-refractivity contribution in [2.24, 2.45) is 0 Å². The van der Waals surface area contributed by atoms with E-state index in [1.807, 2.05) is 0 Å². The Morgan fingerprint density at radius 3 is 2.65 bits per heavy atom. The van der Waals surface area contributed by atoms with Crippen molar-refractivity contribution in [1.29, 1.82) is 0 Å². The Morgan fingerprint density at radius 2 is 1.91 bits per heavy atom. The zero-order valence-electron chi connectivity index (χ0n) is 11.7. The van der Waals surface area contributed by atoms with Gasteiger partial charge in [-0.05, 0) is 30.3 Å². The minimum atomic E-state index is -0.352. The first-order chi connectivity index (χ1) is 11.1. The molecule has 116 valence electrons. The minimum absolute atomic E-state index is 0.0931. The van der Waals surface area contributed by atoms with Crippen LogP contribution in [0.5, 0.6) is 0 Å². The molecule has 0 unspecified atom stereocenters. The second-order valence-corrected chi connectivity index (χ2v) is 5.39. The normalized spacial score (nSPS) is 10.5. The standard InChI is InChI=1S/C15H10Cl2N4O2/c16-10-1-2-11(12(17)7-10)14(22)19-8-13-20-21-15(23-13)9-3-5-18-6-4-9/h1-7H,8H2,(H,19,22). The van der Waals surface area contributed by atoms with E-state index in [1.54, 1.807) is 36.7 Å². The van der Waals surface area contributed by atoms with Crippen LogP contribution in [0.4, 0.5) is 0 Å². The average molecular weight is 349 g/mol. The molecule has 6 nitrogen and oxygen atoms in total. The van der Waals surface area contributed by atoms with E-state index in [1.165, 1.54) is 6.07 Å². The molecule has 2 aromatic heterocycles. The van der Waals surface area contributed by atoms with Gasteiger partial charge in [-0.15, -0.1) is 10.2 Å². The van der Waals surface area contributed by atoms with Gasteiger partial charge in [-0.1, -0.05) is 23.2 Å². The van der Waals surface area contributed by atoms with Crippen LogP contribution < -0.4 is 5.32 Å². The van der Waals surface area contributed by atoms with Crippen molar-refractivity contribution >= 4 is 29.1 Å². The zero-order chi connectivity index (χ0) is 16.2. The van der Waals surface area contributed by atoms with Crippen molar-refractivity contribution in [2.75, 3.05) is 0 Å². The monoisotopic (exact) mass is 348 g/mol. The molecule has 0 saturated carbocycles. The largest absolute Gasteiger partial charge is 0.419 e. The molecule has 8 heteroatoms. The highest BCUT2D eigenvalue weighted by atomic mass is 35.5. The molecule has 2 heterocycles. The van der Waals surface area contributed by atoms with E-state index in [4.69, 9.17) is 27.6 Å². The lowest BCUT2D eigenvalue weighted by Gasteiger charge is -2.04. The number of amides is 1. The van der Waals surface area contributed by atoms with E-state index in [0.717, 1.165) is 5.56 Å².